The predicted molar refractivity (Wildman–Crippen MR) is 113 cm³/mol. The van der Waals surface area contributed by atoms with Gasteiger partial charge in [-0.05, 0) is 62.2 Å². The quantitative estimate of drug-likeness (QED) is 0.564. The molecule has 0 amide bonds. The molecule has 3 aromatic rings. The Labute approximate surface area is 180 Å². The molecule has 2 heterocycles. The lowest BCUT2D eigenvalue weighted by atomic mass is 10.2. The van der Waals surface area contributed by atoms with Gasteiger partial charge in [-0.2, -0.15) is 4.31 Å². The van der Waals surface area contributed by atoms with Gasteiger partial charge in [-0.1, -0.05) is 0 Å². The number of aromatic nitrogens is 2. The Bertz CT molecular complexity index is 1140. The van der Waals surface area contributed by atoms with Crippen LogP contribution in [0.2, 0.25) is 0 Å². The van der Waals surface area contributed by atoms with Crippen molar-refractivity contribution in [2.75, 3.05) is 25.0 Å². The zero-order valence-electron chi connectivity index (χ0n) is 17.0. The van der Waals surface area contributed by atoms with Gasteiger partial charge in [-0.3, -0.25) is 0 Å². The molecule has 1 N–H and O–H groups in total. The number of hydrogen-bond donors (Lipinski definition) is 1. The molecule has 0 spiro atoms. The van der Waals surface area contributed by atoms with Crippen molar-refractivity contribution in [3.05, 3.63) is 54.2 Å². The molecule has 0 radical (unpaired) electrons. The summed E-state index contributed by atoms with van der Waals surface area (Å²) in [4.78, 5) is 0.138. The Morgan fingerprint density at radius 3 is 2.58 bits per heavy atom. The highest BCUT2D eigenvalue weighted by Crippen LogP contribution is 2.32. The van der Waals surface area contributed by atoms with Crippen LogP contribution < -0.4 is 10.1 Å². The van der Waals surface area contributed by atoms with Gasteiger partial charge in [0.2, 0.25) is 21.8 Å². The van der Waals surface area contributed by atoms with Crippen LogP contribution in [0.1, 0.15) is 25.7 Å². The van der Waals surface area contributed by atoms with Crippen molar-refractivity contribution in [3.8, 4) is 17.2 Å². The van der Waals surface area contributed by atoms with E-state index in [2.05, 4.69) is 15.5 Å². The third-order valence-electron chi connectivity index (χ3n) is 4.93. The van der Waals surface area contributed by atoms with Crippen LogP contribution in [0.15, 0.2) is 51.8 Å². The summed E-state index contributed by atoms with van der Waals surface area (Å²) in [7, 11) is -3.65. The van der Waals surface area contributed by atoms with Gasteiger partial charge in [0, 0.05) is 24.3 Å². The van der Waals surface area contributed by atoms with Crippen LogP contribution in [-0.2, 0) is 16.6 Å². The maximum absolute atomic E-state index is 13.1. The van der Waals surface area contributed by atoms with Crippen LogP contribution in [0.25, 0.3) is 11.5 Å². The Balaban J connectivity index is 1.52. The largest absolute Gasteiger partial charge is 0.492 e. The fourth-order valence-electron chi connectivity index (χ4n) is 3.37. The van der Waals surface area contributed by atoms with Gasteiger partial charge < -0.3 is 14.5 Å². The second kappa shape index (κ2) is 9.03. The molecule has 0 unspecified atom stereocenters. The summed E-state index contributed by atoms with van der Waals surface area (Å²) >= 11 is 0. The van der Waals surface area contributed by atoms with Crippen LogP contribution in [-0.4, -0.2) is 42.6 Å². The van der Waals surface area contributed by atoms with Crippen LogP contribution in [0.3, 0.4) is 0 Å². The van der Waals surface area contributed by atoms with E-state index in [9.17, 15) is 12.8 Å². The third kappa shape index (κ3) is 4.70. The Hall–Kier alpha value is -2.98. The molecule has 8 nitrogen and oxygen atoms in total. The molecule has 0 aliphatic carbocycles. The fraction of sp³-hybridized carbons (Fsp3) is 0.333. The van der Waals surface area contributed by atoms with Gasteiger partial charge in [0.25, 0.3) is 0 Å². The molecule has 164 valence electrons. The molecule has 31 heavy (non-hydrogen) atoms. The number of benzene rings is 2. The highest BCUT2D eigenvalue weighted by Gasteiger charge is 2.30. The molecule has 1 fully saturated rings. The molecule has 1 saturated heterocycles. The van der Waals surface area contributed by atoms with Crippen LogP contribution >= 0.6 is 0 Å². The zero-order chi connectivity index (χ0) is 21.8. The Morgan fingerprint density at radius 1 is 1.13 bits per heavy atom. The first-order valence-corrected chi connectivity index (χ1v) is 11.5. The topological polar surface area (TPSA) is 97.6 Å². The molecular formula is C21H23FN4O4S. The maximum atomic E-state index is 13.1. The first-order chi connectivity index (χ1) is 15.0. The van der Waals surface area contributed by atoms with Gasteiger partial charge in [0.15, 0.2) is 0 Å². The normalized spacial score (nSPS) is 14.6. The maximum Gasteiger partial charge on any atom is 0.247 e. The van der Waals surface area contributed by atoms with Crippen molar-refractivity contribution in [3.63, 3.8) is 0 Å². The summed E-state index contributed by atoms with van der Waals surface area (Å²) in [6.45, 7) is 3.40. The molecule has 0 saturated carbocycles. The highest BCUT2D eigenvalue weighted by atomic mass is 32.2. The van der Waals surface area contributed by atoms with Crippen molar-refractivity contribution < 1.29 is 22.0 Å². The molecule has 10 heteroatoms. The number of rotatable bonds is 8. The number of ether oxygens (including phenoxy) is 1. The highest BCUT2D eigenvalue weighted by molar-refractivity contribution is 7.89. The van der Waals surface area contributed by atoms with Gasteiger partial charge in [0.1, 0.15) is 16.5 Å². The number of sulfonamides is 1. The van der Waals surface area contributed by atoms with Crippen molar-refractivity contribution >= 4 is 15.7 Å². The van der Waals surface area contributed by atoms with E-state index in [-0.39, 0.29) is 23.1 Å². The molecule has 1 aromatic heterocycles. The average molecular weight is 447 g/mol. The van der Waals surface area contributed by atoms with E-state index >= 15 is 0 Å². The Kier molecular flexibility index (Phi) is 6.19. The zero-order valence-corrected chi connectivity index (χ0v) is 17.9. The lowest BCUT2D eigenvalue weighted by Gasteiger charge is -2.19. The summed E-state index contributed by atoms with van der Waals surface area (Å²) in [6.07, 6.45) is 1.71. The van der Waals surface area contributed by atoms with Gasteiger partial charge in [-0.25, -0.2) is 12.8 Å². The lowest BCUT2D eigenvalue weighted by molar-refractivity contribution is 0.329. The summed E-state index contributed by atoms with van der Waals surface area (Å²) in [5.74, 6) is 0.578. The SMILES string of the molecule is CCOc1ccc(NCc2nnc(-c3ccc(F)cc3)o2)cc1S(=O)(=O)N1CCCC1. The second-order valence-corrected chi connectivity index (χ2v) is 8.97. The molecule has 0 atom stereocenters. The number of nitrogens with one attached hydrogen (secondary N) is 1. The Morgan fingerprint density at radius 2 is 1.87 bits per heavy atom. The van der Waals surface area contributed by atoms with Crippen LogP contribution in [0, 0.1) is 5.82 Å². The van der Waals surface area contributed by atoms with E-state index in [4.69, 9.17) is 9.15 Å². The number of nitrogens with zero attached hydrogens (tertiary/aromatic N) is 3. The minimum absolute atomic E-state index is 0.138. The van der Waals surface area contributed by atoms with Crippen LogP contribution in [0.4, 0.5) is 10.1 Å². The molecule has 0 bridgehead atoms. The van der Waals surface area contributed by atoms with E-state index < -0.39 is 10.0 Å². The lowest BCUT2D eigenvalue weighted by Crippen LogP contribution is -2.28. The number of anilines is 1. The summed E-state index contributed by atoms with van der Waals surface area (Å²) in [6, 6.07) is 10.7. The fourth-order valence-corrected chi connectivity index (χ4v) is 5.05. The minimum atomic E-state index is -3.65. The van der Waals surface area contributed by atoms with E-state index in [0.717, 1.165) is 12.8 Å². The summed E-state index contributed by atoms with van der Waals surface area (Å²) < 4.78 is 51.9. The van der Waals surface area contributed by atoms with Crippen molar-refractivity contribution in [1.29, 1.82) is 0 Å². The van der Waals surface area contributed by atoms with Crippen molar-refractivity contribution in [2.45, 2.75) is 31.2 Å². The van der Waals surface area contributed by atoms with Gasteiger partial charge >= 0.3 is 0 Å². The van der Waals surface area contributed by atoms with E-state index in [0.29, 0.717) is 42.6 Å². The first-order valence-electron chi connectivity index (χ1n) is 10.1. The standard InChI is InChI=1S/C21H23FN4O4S/c1-2-29-18-10-9-17(13-19(18)31(27,28)26-11-3-4-12-26)23-14-20-24-25-21(30-20)15-5-7-16(22)8-6-15/h5-10,13,23H,2-4,11-12,14H2,1H3. The van der Waals surface area contributed by atoms with Gasteiger partial charge in [-0.15, -0.1) is 10.2 Å². The third-order valence-corrected chi connectivity index (χ3v) is 6.85. The average Bonchev–Trinajstić information content (AvgIpc) is 3.46. The first kappa shape index (κ1) is 21.3. The molecule has 2 aromatic carbocycles. The van der Waals surface area contributed by atoms with Crippen molar-refractivity contribution in [2.24, 2.45) is 0 Å². The van der Waals surface area contributed by atoms with Gasteiger partial charge in [0.05, 0.1) is 13.2 Å². The number of hydrogen-bond acceptors (Lipinski definition) is 7. The van der Waals surface area contributed by atoms with E-state index in [1.165, 1.54) is 16.4 Å². The second-order valence-electron chi connectivity index (χ2n) is 7.07. The molecule has 4 rings (SSSR count). The predicted octanol–water partition coefficient (Wildman–Crippen LogP) is 3.67. The minimum Gasteiger partial charge on any atom is -0.492 e. The summed E-state index contributed by atoms with van der Waals surface area (Å²) in [5.41, 5.74) is 1.20. The molecular weight excluding hydrogens is 423 g/mol. The van der Waals surface area contributed by atoms with Crippen LogP contribution in [0.5, 0.6) is 5.75 Å². The molecule has 1 aliphatic heterocycles. The smallest absolute Gasteiger partial charge is 0.247 e. The molecule has 1 aliphatic rings. The monoisotopic (exact) mass is 446 g/mol. The van der Waals surface area contributed by atoms with E-state index in [1.807, 2.05) is 6.92 Å². The number of halogens is 1. The van der Waals surface area contributed by atoms with Crippen molar-refractivity contribution in [1.82, 2.24) is 14.5 Å². The summed E-state index contributed by atoms with van der Waals surface area (Å²) in [5, 5.41) is 11.1. The van der Waals surface area contributed by atoms with E-state index in [1.54, 1.807) is 30.3 Å².